The van der Waals surface area contributed by atoms with Crippen LogP contribution < -0.4 is 0 Å². The molecule has 6 nitrogen and oxygen atoms in total. The van der Waals surface area contributed by atoms with E-state index in [4.69, 9.17) is 10.00 Å². The number of aliphatic hydroxyl groups excluding tert-OH is 1. The third-order valence-corrected chi connectivity index (χ3v) is 2.95. The Kier molecular flexibility index (Phi) is 9.87. The molecule has 0 amide bonds. The van der Waals surface area contributed by atoms with Gasteiger partial charge in [0.2, 0.25) is 0 Å². The van der Waals surface area contributed by atoms with Crippen LogP contribution in [0, 0.1) is 6.42 Å². The summed E-state index contributed by atoms with van der Waals surface area (Å²) in [5.74, 6) is -1.06. The van der Waals surface area contributed by atoms with E-state index < -0.39 is 20.4 Å². The van der Waals surface area contributed by atoms with Gasteiger partial charge in [-0.3, -0.25) is 9.42 Å². The molecule has 1 atom stereocenters. The molecule has 0 bridgehead atoms. The molecule has 1 aliphatic carbocycles. The fourth-order valence-electron chi connectivity index (χ4n) is 1.23. The highest BCUT2D eigenvalue weighted by molar-refractivity contribution is 7.48. The van der Waals surface area contributed by atoms with Gasteiger partial charge >= 0.3 is 13.8 Å². The smallest absolute Gasteiger partial charge is 0.394 e. The van der Waals surface area contributed by atoms with Crippen LogP contribution in [0.25, 0.3) is 0 Å². The van der Waals surface area contributed by atoms with E-state index in [9.17, 15) is 9.36 Å². The van der Waals surface area contributed by atoms with Crippen molar-refractivity contribution in [1.29, 1.82) is 0 Å². The van der Waals surface area contributed by atoms with Gasteiger partial charge in [0.15, 0.2) is 0 Å². The molecule has 1 rings (SSSR count). The van der Waals surface area contributed by atoms with Gasteiger partial charge in [-0.2, -0.15) is 0 Å². The summed E-state index contributed by atoms with van der Waals surface area (Å²) in [5, 5.41) is 8.20. The van der Waals surface area contributed by atoms with E-state index in [-0.39, 0.29) is 6.61 Å². The Morgan fingerprint density at radius 3 is 2.33 bits per heavy atom. The normalized spacial score (nSPS) is 17.9. The Hall–Kier alpha value is -0.680. The lowest BCUT2D eigenvalue weighted by molar-refractivity contribution is -0.130. The topological polar surface area (TPSA) is 93.1 Å². The zero-order valence-electron chi connectivity index (χ0n) is 10.3. The maximum absolute atomic E-state index is 10.7. The second-order valence-corrected chi connectivity index (χ2v) is 4.94. The van der Waals surface area contributed by atoms with E-state index in [0.717, 1.165) is 6.08 Å². The van der Waals surface area contributed by atoms with Gasteiger partial charge in [0.05, 0.1) is 13.2 Å². The highest BCUT2D eigenvalue weighted by Gasteiger charge is 2.24. The number of rotatable bonds is 5. The molecule has 1 fully saturated rings. The Bertz CT molecular complexity index is 276. The van der Waals surface area contributed by atoms with Crippen LogP contribution in [-0.4, -0.2) is 29.2 Å². The summed E-state index contributed by atoms with van der Waals surface area (Å²) in [6, 6.07) is 0. The zero-order valence-corrected chi connectivity index (χ0v) is 11.2. The predicted molar refractivity (Wildman–Crippen MR) is 66.5 cm³/mol. The molecular weight excluding hydrogens is 259 g/mol. The third-order valence-electron chi connectivity index (χ3n) is 2.03. The minimum Gasteiger partial charge on any atom is -0.394 e. The van der Waals surface area contributed by atoms with Crippen molar-refractivity contribution in [2.24, 2.45) is 0 Å². The molecule has 1 radical (unpaired) electrons. The van der Waals surface area contributed by atoms with Crippen molar-refractivity contribution in [3.63, 3.8) is 0 Å². The summed E-state index contributed by atoms with van der Waals surface area (Å²) in [6.45, 7) is 2.20. The van der Waals surface area contributed by atoms with Gasteiger partial charge in [0.25, 0.3) is 0 Å². The number of carbonyl (C=O) groups is 1. The standard InChI is InChI=1S/C6H11.C5H9O6P/c1-2-4-6-5-3-1;1-2-5(7)11-12(8,9)10-4-3-6/h1H,2-6H2;2,6H,1,3-4H2,(H,8,9). The van der Waals surface area contributed by atoms with E-state index >= 15 is 0 Å². The van der Waals surface area contributed by atoms with Gasteiger partial charge < -0.3 is 9.63 Å². The summed E-state index contributed by atoms with van der Waals surface area (Å²) >= 11 is 0. The lowest BCUT2D eigenvalue weighted by Gasteiger charge is -2.08. The maximum atomic E-state index is 10.7. The first kappa shape index (κ1) is 17.3. The van der Waals surface area contributed by atoms with Crippen LogP contribution in [0.1, 0.15) is 32.1 Å². The fourth-order valence-corrected chi connectivity index (χ4v) is 1.90. The summed E-state index contributed by atoms with van der Waals surface area (Å²) in [7, 11) is -4.36. The first-order valence-corrected chi connectivity index (χ1v) is 7.27. The SMILES string of the molecule is C=CC(=O)OP(=O)(O)OCCO.[CH]1CCCCC1. The highest BCUT2D eigenvalue weighted by atomic mass is 31.2. The summed E-state index contributed by atoms with van der Waals surface area (Å²) < 4.78 is 18.7. The largest absolute Gasteiger partial charge is 0.529 e. The number of aliphatic hydroxyl groups is 1. The van der Waals surface area contributed by atoms with Crippen molar-refractivity contribution in [3.8, 4) is 0 Å². The number of hydrogen-bond donors (Lipinski definition) is 2. The molecular formula is C11H20O6P. The lowest BCUT2D eigenvalue weighted by Crippen LogP contribution is -2.03. The zero-order chi connectivity index (χ0) is 13.9. The fraction of sp³-hybridized carbons (Fsp3) is 0.636. The van der Waals surface area contributed by atoms with Crippen LogP contribution in [-0.2, 0) is 18.4 Å². The van der Waals surface area contributed by atoms with Crippen molar-refractivity contribution >= 4 is 13.8 Å². The van der Waals surface area contributed by atoms with Crippen LogP contribution >= 0.6 is 7.82 Å². The molecule has 105 valence electrons. The Morgan fingerprint density at radius 2 is 2.00 bits per heavy atom. The van der Waals surface area contributed by atoms with Gasteiger partial charge in [-0.05, 0) is 6.42 Å². The van der Waals surface area contributed by atoms with Gasteiger partial charge in [-0.25, -0.2) is 9.36 Å². The van der Waals surface area contributed by atoms with E-state index in [1.165, 1.54) is 32.1 Å². The molecule has 0 saturated heterocycles. The van der Waals surface area contributed by atoms with Gasteiger partial charge in [-0.1, -0.05) is 38.7 Å². The number of phosphoric ester groups is 1. The van der Waals surface area contributed by atoms with Crippen molar-refractivity contribution < 1.29 is 28.4 Å². The van der Waals surface area contributed by atoms with Crippen molar-refractivity contribution in [3.05, 3.63) is 19.1 Å². The number of carbonyl (C=O) groups excluding carboxylic acids is 1. The molecule has 0 aromatic carbocycles. The van der Waals surface area contributed by atoms with E-state index in [1.807, 2.05) is 0 Å². The van der Waals surface area contributed by atoms with Crippen LogP contribution in [0.2, 0.25) is 0 Å². The van der Waals surface area contributed by atoms with Crippen molar-refractivity contribution in [2.75, 3.05) is 13.2 Å². The van der Waals surface area contributed by atoms with Gasteiger partial charge in [0, 0.05) is 6.08 Å². The Morgan fingerprint density at radius 1 is 1.39 bits per heavy atom. The van der Waals surface area contributed by atoms with Crippen LogP contribution in [0.15, 0.2) is 12.7 Å². The molecule has 0 heterocycles. The molecule has 1 aliphatic rings. The van der Waals surface area contributed by atoms with Crippen LogP contribution in [0.4, 0.5) is 0 Å². The molecule has 1 unspecified atom stereocenters. The molecule has 0 spiro atoms. The molecule has 0 aliphatic heterocycles. The molecule has 18 heavy (non-hydrogen) atoms. The van der Waals surface area contributed by atoms with E-state index in [0.29, 0.717) is 0 Å². The minimum absolute atomic E-state index is 0.377. The van der Waals surface area contributed by atoms with Gasteiger partial charge in [0.1, 0.15) is 0 Å². The molecule has 1 saturated carbocycles. The Balaban J connectivity index is 0.000000397. The van der Waals surface area contributed by atoms with Crippen molar-refractivity contribution in [2.45, 2.75) is 32.1 Å². The van der Waals surface area contributed by atoms with Crippen molar-refractivity contribution in [1.82, 2.24) is 0 Å². The molecule has 7 heteroatoms. The monoisotopic (exact) mass is 279 g/mol. The predicted octanol–water partition coefficient (Wildman–Crippen LogP) is 1.98. The first-order valence-electron chi connectivity index (χ1n) is 5.77. The number of phosphoric acid groups is 1. The third kappa shape index (κ3) is 10.5. The van der Waals surface area contributed by atoms with Crippen LogP contribution in [0.3, 0.4) is 0 Å². The van der Waals surface area contributed by atoms with Crippen LogP contribution in [0.5, 0.6) is 0 Å². The summed E-state index contributed by atoms with van der Waals surface area (Å²) in [6.07, 6.45) is 10.2. The van der Waals surface area contributed by atoms with E-state index in [1.54, 1.807) is 0 Å². The quantitative estimate of drug-likeness (QED) is 0.590. The van der Waals surface area contributed by atoms with Gasteiger partial charge in [-0.15, -0.1) is 0 Å². The van der Waals surface area contributed by atoms with E-state index in [2.05, 4.69) is 22.0 Å². The number of hydrogen-bond acceptors (Lipinski definition) is 5. The minimum atomic E-state index is -4.36. The molecule has 2 N–H and O–H groups in total. The maximum Gasteiger partial charge on any atom is 0.529 e. The summed E-state index contributed by atoms with van der Waals surface area (Å²) in [4.78, 5) is 19.1. The summed E-state index contributed by atoms with van der Waals surface area (Å²) in [5.41, 5.74) is 0. The Labute approximate surface area is 107 Å². The second-order valence-electron chi connectivity index (χ2n) is 3.57. The lowest BCUT2D eigenvalue weighted by atomic mass is 10.0. The highest BCUT2D eigenvalue weighted by Crippen LogP contribution is 2.42. The average molecular weight is 279 g/mol. The average Bonchev–Trinajstić information content (AvgIpc) is 2.38. The molecule has 0 aromatic rings. The first-order chi connectivity index (χ1) is 8.52. The molecule has 0 aromatic heterocycles. The second kappa shape index (κ2) is 10.3.